The van der Waals surface area contributed by atoms with Crippen LogP contribution in [0.25, 0.3) is 0 Å². The fraction of sp³-hybridized carbons (Fsp3) is 0.364. The quantitative estimate of drug-likeness (QED) is 0.871. The van der Waals surface area contributed by atoms with Crippen molar-refractivity contribution in [2.24, 2.45) is 0 Å². The Kier molecular flexibility index (Phi) is 4.90. The zero-order valence-corrected chi connectivity index (χ0v) is 10.5. The molecule has 1 N–H and O–H groups in total. The van der Waals surface area contributed by atoms with Crippen molar-refractivity contribution in [2.45, 2.75) is 6.92 Å². The number of hydrogen-bond donors (Lipinski definition) is 1. The standard InChI is InChI=1S/C11H14ClN3O2/c1-3-14-10(16)7-15(2)11(17)8-6-13-5-4-9(8)12/h4-6H,3,7H2,1-2H3,(H,14,16). The highest BCUT2D eigenvalue weighted by atomic mass is 35.5. The average molecular weight is 256 g/mol. The minimum Gasteiger partial charge on any atom is -0.355 e. The lowest BCUT2D eigenvalue weighted by atomic mass is 10.2. The molecule has 6 heteroatoms. The summed E-state index contributed by atoms with van der Waals surface area (Å²) in [7, 11) is 1.54. The van der Waals surface area contributed by atoms with Crippen LogP contribution in [0.1, 0.15) is 17.3 Å². The molecule has 1 aromatic heterocycles. The molecule has 0 aliphatic rings. The van der Waals surface area contributed by atoms with Crippen molar-refractivity contribution < 1.29 is 9.59 Å². The lowest BCUT2D eigenvalue weighted by Crippen LogP contribution is -2.38. The highest BCUT2D eigenvalue weighted by Gasteiger charge is 2.17. The Morgan fingerprint density at radius 1 is 1.53 bits per heavy atom. The van der Waals surface area contributed by atoms with E-state index in [0.29, 0.717) is 17.1 Å². The van der Waals surface area contributed by atoms with Gasteiger partial charge in [0.1, 0.15) is 0 Å². The van der Waals surface area contributed by atoms with Crippen molar-refractivity contribution in [1.82, 2.24) is 15.2 Å². The molecule has 0 spiro atoms. The Bertz CT molecular complexity index is 423. The summed E-state index contributed by atoms with van der Waals surface area (Å²) in [4.78, 5) is 28.4. The third kappa shape index (κ3) is 3.71. The van der Waals surface area contributed by atoms with Gasteiger partial charge in [-0.2, -0.15) is 0 Å². The number of carbonyl (C=O) groups excluding carboxylic acids is 2. The van der Waals surface area contributed by atoms with Crippen LogP contribution in [0.5, 0.6) is 0 Å². The van der Waals surface area contributed by atoms with Crippen LogP contribution >= 0.6 is 11.6 Å². The molecule has 0 bridgehead atoms. The van der Waals surface area contributed by atoms with E-state index >= 15 is 0 Å². The molecule has 0 aliphatic carbocycles. The van der Waals surface area contributed by atoms with Gasteiger partial charge in [0.25, 0.3) is 5.91 Å². The first-order valence-electron chi connectivity index (χ1n) is 5.18. The van der Waals surface area contributed by atoms with Gasteiger partial charge in [0.05, 0.1) is 17.1 Å². The zero-order valence-electron chi connectivity index (χ0n) is 9.74. The number of nitrogens with one attached hydrogen (secondary N) is 1. The van der Waals surface area contributed by atoms with Crippen LogP contribution in [-0.2, 0) is 4.79 Å². The second kappa shape index (κ2) is 6.20. The van der Waals surface area contributed by atoms with Crippen LogP contribution in [0, 0.1) is 0 Å². The van der Waals surface area contributed by atoms with Crippen molar-refractivity contribution in [3.63, 3.8) is 0 Å². The van der Waals surface area contributed by atoms with Crippen LogP contribution in [0.15, 0.2) is 18.5 Å². The second-order valence-electron chi connectivity index (χ2n) is 3.47. The minimum atomic E-state index is -0.325. The maximum Gasteiger partial charge on any atom is 0.257 e. The van der Waals surface area contributed by atoms with Crippen LogP contribution in [0.2, 0.25) is 5.02 Å². The summed E-state index contributed by atoms with van der Waals surface area (Å²) < 4.78 is 0. The number of rotatable bonds is 4. The minimum absolute atomic E-state index is 0.00209. The molecule has 0 fully saturated rings. The van der Waals surface area contributed by atoms with E-state index in [-0.39, 0.29) is 18.4 Å². The Balaban J connectivity index is 2.70. The van der Waals surface area contributed by atoms with Crippen LogP contribution in [-0.4, -0.2) is 41.8 Å². The highest BCUT2D eigenvalue weighted by Crippen LogP contribution is 2.14. The number of amides is 2. The van der Waals surface area contributed by atoms with Gasteiger partial charge in [0, 0.05) is 26.0 Å². The fourth-order valence-electron chi connectivity index (χ4n) is 1.28. The van der Waals surface area contributed by atoms with E-state index in [0.717, 1.165) is 0 Å². The summed E-state index contributed by atoms with van der Waals surface area (Å²) in [5.74, 6) is -0.530. The molecule has 0 aliphatic heterocycles. The number of likely N-dealkylation sites (N-methyl/N-ethyl adjacent to an activating group) is 2. The van der Waals surface area contributed by atoms with E-state index in [4.69, 9.17) is 11.6 Å². The number of carbonyl (C=O) groups is 2. The summed E-state index contributed by atoms with van der Waals surface area (Å²) in [6.45, 7) is 2.35. The molecular weight excluding hydrogens is 242 g/mol. The Morgan fingerprint density at radius 3 is 2.82 bits per heavy atom. The number of nitrogens with zero attached hydrogens (tertiary/aromatic N) is 2. The molecule has 1 rings (SSSR count). The van der Waals surface area contributed by atoms with E-state index < -0.39 is 0 Å². The van der Waals surface area contributed by atoms with Gasteiger partial charge in [0.2, 0.25) is 5.91 Å². The summed E-state index contributed by atoms with van der Waals surface area (Å²) in [5, 5.41) is 2.94. The van der Waals surface area contributed by atoms with Crippen molar-refractivity contribution in [3.05, 3.63) is 29.0 Å². The van der Waals surface area contributed by atoms with Gasteiger partial charge in [-0.15, -0.1) is 0 Å². The predicted octanol–water partition coefficient (Wildman–Crippen LogP) is 0.943. The molecule has 1 aromatic rings. The normalized spacial score (nSPS) is 9.82. The molecule has 17 heavy (non-hydrogen) atoms. The molecule has 0 radical (unpaired) electrons. The third-order valence-corrected chi connectivity index (χ3v) is 2.43. The molecule has 2 amide bonds. The van der Waals surface area contributed by atoms with Gasteiger partial charge in [0.15, 0.2) is 0 Å². The van der Waals surface area contributed by atoms with E-state index in [9.17, 15) is 9.59 Å². The molecule has 5 nitrogen and oxygen atoms in total. The topological polar surface area (TPSA) is 62.3 Å². The Morgan fingerprint density at radius 2 is 2.24 bits per heavy atom. The average Bonchev–Trinajstić information content (AvgIpc) is 2.29. The fourth-order valence-corrected chi connectivity index (χ4v) is 1.47. The molecule has 0 saturated carbocycles. The van der Waals surface area contributed by atoms with Crippen LogP contribution in [0.3, 0.4) is 0 Å². The summed E-state index contributed by atoms with van der Waals surface area (Å²) in [6, 6.07) is 1.54. The van der Waals surface area contributed by atoms with E-state index in [1.807, 2.05) is 6.92 Å². The van der Waals surface area contributed by atoms with Gasteiger partial charge >= 0.3 is 0 Å². The highest BCUT2D eigenvalue weighted by molar-refractivity contribution is 6.33. The maximum absolute atomic E-state index is 11.9. The molecule has 92 valence electrons. The first kappa shape index (κ1) is 13.4. The largest absolute Gasteiger partial charge is 0.355 e. The van der Waals surface area contributed by atoms with Crippen molar-refractivity contribution in [2.75, 3.05) is 20.1 Å². The lowest BCUT2D eigenvalue weighted by molar-refractivity contribution is -0.121. The maximum atomic E-state index is 11.9. The lowest BCUT2D eigenvalue weighted by Gasteiger charge is -2.16. The second-order valence-corrected chi connectivity index (χ2v) is 3.88. The number of aromatic nitrogens is 1. The molecule has 1 heterocycles. The molecule has 0 unspecified atom stereocenters. The summed E-state index contributed by atoms with van der Waals surface area (Å²) in [5.41, 5.74) is 0.293. The SMILES string of the molecule is CCNC(=O)CN(C)C(=O)c1cnccc1Cl. The Labute approximate surface area is 105 Å². The van der Waals surface area contributed by atoms with Crippen LogP contribution < -0.4 is 5.32 Å². The van der Waals surface area contributed by atoms with Crippen molar-refractivity contribution >= 4 is 23.4 Å². The van der Waals surface area contributed by atoms with E-state index in [1.165, 1.54) is 23.4 Å². The van der Waals surface area contributed by atoms with Gasteiger partial charge in [-0.05, 0) is 13.0 Å². The number of halogens is 1. The molecule has 0 aromatic carbocycles. The number of pyridine rings is 1. The van der Waals surface area contributed by atoms with Crippen LogP contribution in [0.4, 0.5) is 0 Å². The van der Waals surface area contributed by atoms with Gasteiger partial charge < -0.3 is 10.2 Å². The third-order valence-electron chi connectivity index (χ3n) is 2.10. The molecule has 0 atom stereocenters. The van der Waals surface area contributed by atoms with Crippen molar-refractivity contribution in [3.8, 4) is 0 Å². The predicted molar refractivity (Wildman–Crippen MR) is 64.9 cm³/mol. The van der Waals surface area contributed by atoms with Crippen molar-refractivity contribution in [1.29, 1.82) is 0 Å². The first-order valence-corrected chi connectivity index (χ1v) is 5.55. The molecular formula is C11H14ClN3O2. The summed E-state index contributed by atoms with van der Waals surface area (Å²) >= 11 is 5.87. The van der Waals surface area contributed by atoms with E-state index in [2.05, 4.69) is 10.3 Å². The van der Waals surface area contributed by atoms with E-state index in [1.54, 1.807) is 7.05 Å². The molecule has 0 saturated heterocycles. The smallest absolute Gasteiger partial charge is 0.257 e. The van der Waals surface area contributed by atoms with Gasteiger partial charge in [-0.25, -0.2) is 0 Å². The first-order chi connectivity index (χ1) is 8.06. The Hall–Kier alpha value is -1.62. The summed E-state index contributed by atoms with van der Waals surface area (Å²) in [6.07, 6.45) is 2.89. The zero-order chi connectivity index (χ0) is 12.8. The number of hydrogen-bond acceptors (Lipinski definition) is 3. The monoisotopic (exact) mass is 255 g/mol. The van der Waals surface area contributed by atoms with Gasteiger partial charge in [-0.1, -0.05) is 11.6 Å². The van der Waals surface area contributed by atoms with Gasteiger partial charge in [-0.3, -0.25) is 14.6 Å².